The molecule has 0 unspecified atom stereocenters. The van der Waals surface area contributed by atoms with Crippen LogP contribution in [-0.2, 0) is 13.1 Å². The topological polar surface area (TPSA) is 75.8 Å². The van der Waals surface area contributed by atoms with Crippen LogP contribution in [0.1, 0.15) is 11.4 Å². The minimum absolute atomic E-state index is 0.507. The average molecular weight is 287 g/mol. The number of thioether (sulfide) groups is 1. The zero-order chi connectivity index (χ0) is 13.9. The number of hydrogen-bond acceptors (Lipinski definition) is 6. The molecule has 1 N–H and O–H groups in total. The van der Waals surface area contributed by atoms with E-state index in [1.165, 1.54) is 0 Å². The molecule has 20 heavy (non-hydrogen) atoms. The Bertz CT molecular complexity index is 676. The number of anilines is 1. The second-order valence-corrected chi connectivity index (χ2v) is 5.29. The van der Waals surface area contributed by atoms with Gasteiger partial charge in [0.1, 0.15) is 6.07 Å². The number of nitrogens with one attached hydrogen (secondary N) is 1. The summed E-state index contributed by atoms with van der Waals surface area (Å²) in [5, 5.41) is 13.3. The maximum Gasteiger partial charge on any atom is 0.213 e. The number of methoxy groups -OCH3 is 1. The first-order valence-corrected chi connectivity index (χ1v) is 7.17. The Morgan fingerprint density at radius 1 is 1.50 bits per heavy atom. The van der Waals surface area contributed by atoms with Gasteiger partial charge in [0.2, 0.25) is 5.88 Å². The van der Waals surface area contributed by atoms with E-state index in [1.54, 1.807) is 24.9 Å². The predicted octanol–water partition coefficient (Wildman–Crippen LogP) is 1.88. The molecule has 6 nitrogen and oxygen atoms in total. The molecule has 0 aliphatic carbocycles. The lowest BCUT2D eigenvalue weighted by molar-refractivity contribution is 0.396. The van der Waals surface area contributed by atoms with Crippen LogP contribution in [-0.4, -0.2) is 27.4 Å². The molecule has 0 amide bonds. The number of fused-ring (bicyclic) bond motifs is 1. The van der Waals surface area contributed by atoms with Gasteiger partial charge in [-0.25, -0.2) is 9.97 Å². The van der Waals surface area contributed by atoms with Crippen LogP contribution in [0.5, 0.6) is 5.88 Å². The van der Waals surface area contributed by atoms with Crippen LogP contribution in [0, 0.1) is 11.3 Å². The number of pyridine rings is 1. The quantitative estimate of drug-likeness (QED) is 0.925. The number of nitrogens with zero attached hydrogens (tertiary/aromatic N) is 4. The number of ether oxygens (including phenoxy) is 1. The van der Waals surface area contributed by atoms with E-state index >= 15 is 0 Å². The summed E-state index contributed by atoms with van der Waals surface area (Å²) in [4.78, 5) is 8.77. The minimum atomic E-state index is 0.507. The Balaban J connectivity index is 1.77. The summed E-state index contributed by atoms with van der Waals surface area (Å²) in [6, 6.07) is 7.80. The smallest absolute Gasteiger partial charge is 0.213 e. The van der Waals surface area contributed by atoms with Crippen LogP contribution in [0.15, 0.2) is 23.4 Å². The normalized spacial score (nSPS) is 12.8. The summed E-state index contributed by atoms with van der Waals surface area (Å²) in [5.74, 6) is 2.18. The molecule has 2 aromatic rings. The van der Waals surface area contributed by atoms with Crippen molar-refractivity contribution in [2.75, 3.05) is 18.2 Å². The summed E-state index contributed by atoms with van der Waals surface area (Å²) < 4.78 is 7.04. The minimum Gasteiger partial charge on any atom is -0.481 e. The van der Waals surface area contributed by atoms with E-state index in [-0.39, 0.29) is 0 Å². The van der Waals surface area contributed by atoms with Crippen molar-refractivity contribution in [1.29, 1.82) is 5.26 Å². The molecule has 2 aromatic heterocycles. The van der Waals surface area contributed by atoms with Gasteiger partial charge in [0.05, 0.1) is 19.3 Å². The fraction of sp³-hybridized carbons (Fsp3) is 0.308. The van der Waals surface area contributed by atoms with Crippen molar-refractivity contribution in [3.05, 3.63) is 29.6 Å². The SMILES string of the molecule is COc1cccc(CNc2nc3n(c2C#N)CCS3)n1. The van der Waals surface area contributed by atoms with Crippen LogP contribution in [0.4, 0.5) is 5.82 Å². The Morgan fingerprint density at radius 3 is 3.20 bits per heavy atom. The van der Waals surface area contributed by atoms with Gasteiger partial charge in [0, 0.05) is 18.4 Å². The maximum absolute atomic E-state index is 9.26. The van der Waals surface area contributed by atoms with E-state index in [0.29, 0.717) is 23.9 Å². The van der Waals surface area contributed by atoms with Crippen molar-refractivity contribution in [3.8, 4) is 11.9 Å². The molecule has 102 valence electrons. The van der Waals surface area contributed by atoms with Crippen LogP contribution in [0.25, 0.3) is 0 Å². The highest BCUT2D eigenvalue weighted by Gasteiger charge is 2.21. The summed E-state index contributed by atoms with van der Waals surface area (Å²) in [5.41, 5.74) is 1.43. The highest BCUT2D eigenvalue weighted by atomic mass is 32.2. The number of aromatic nitrogens is 3. The zero-order valence-electron chi connectivity index (χ0n) is 11.0. The molecule has 0 fully saturated rings. The third kappa shape index (κ3) is 2.30. The molecular weight excluding hydrogens is 274 g/mol. The van der Waals surface area contributed by atoms with Crippen molar-refractivity contribution in [2.24, 2.45) is 0 Å². The van der Waals surface area contributed by atoms with Crippen LogP contribution >= 0.6 is 11.8 Å². The molecule has 0 radical (unpaired) electrons. The van der Waals surface area contributed by atoms with E-state index in [2.05, 4.69) is 21.4 Å². The summed E-state index contributed by atoms with van der Waals surface area (Å²) in [6.45, 7) is 1.35. The van der Waals surface area contributed by atoms with Crippen molar-refractivity contribution < 1.29 is 4.74 Å². The Morgan fingerprint density at radius 2 is 2.40 bits per heavy atom. The summed E-state index contributed by atoms with van der Waals surface area (Å²) in [6.07, 6.45) is 0. The highest BCUT2D eigenvalue weighted by Crippen LogP contribution is 2.30. The second-order valence-electron chi connectivity index (χ2n) is 4.23. The third-order valence-corrected chi connectivity index (χ3v) is 3.97. The number of imidazole rings is 1. The van der Waals surface area contributed by atoms with Crippen molar-refractivity contribution in [1.82, 2.24) is 14.5 Å². The Labute approximate surface area is 120 Å². The van der Waals surface area contributed by atoms with Gasteiger partial charge >= 0.3 is 0 Å². The maximum atomic E-state index is 9.26. The largest absolute Gasteiger partial charge is 0.481 e. The molecule has 3 heterocycles. The lowest BCUT2D eigenvalue weighted by atomic mass is 10.3. The first-order valence-electron chi connectivity index (χ1n) is 6.19. The molecule has 1 aliphatic rings. The third-order valence-electron chi connectivity index (χ3n) is 3.01. The molecule has 1 aliphatic heterocycles. The Kier molecular flexibility index (Phi) is 3.48. The zero-order valence-corrected chi connectivity index (χ0v) is 11.8. The van der Waals surface area contributed by atoms with Crippen LogP contribution in [0.3, 0.4) is 0 Å². The van der Waals surface area contributed by atoms with Gasteiger partial charge in [-0.05, 0) is 6.07 Å². The monoisotopic (exact) mass is 287 g/mol. The molecule has 7 heteroatoms. The van der Waals surface area contributed by atoms with Crippen LogP contribution in [0.2, 0.25) is 0 Å². The van der Waals surface area contributed by atoms with Crippen molar-refractivity contribution >= 4 is 17.6 Å². The fourth-order valence-electron chi connectivity index (χ4n) is 2.06. The molecule has 0 saturated heterocycles. The van der Waals surface area contributed by atoms with E-state index in [0.717, 1.165) is 23.1 Å². The summed E-state index contributed by atoms with van der Waals surface area (Å²) >= 11 is 1.67. The van der Waals surface area contributed by atoms with Gasteiger partial charge in [0.25, 0.3) is 0 Å². The molecule has 0 spiro atoms. The standard InChI is InChI=1S/C13H13N5OS/c1-19-11-4-2-3-9(16-11)8-15-12-10(7-14)18-5-6-20-13(18)17-12/h2-4,15H,5-6,8H2,1H3. The summed E-state index contributed by atoms with van der Waals surface area (Å²) in [7, 11) is 1.59. The average Bonchev–Trinajstić information content (AvgIpc) is 3.05. The molecule has 0 aromatic carbocycles. The predicted molar refractivity (Wildman–Crippen MR) is 75.8 cm³/mol. The van der Waals surface area contributed by atoms with Gasteiger partial charge < -0.3 is 14.6 Å². The van der Waals surface area contributed by atoms with E-state index in [4.69, 9.17) is 4.74 Å². The lowest BCUT2D eigenvalue weighted by Crippen LogP contribution is -2.05. The van der Waals surface area contributed by atoms with E-state index in [9.17, 15) is 5.26 Å². The van der Waals surface area contributed by atoms with Gasteiger partial charge in [-0.1, -0.05) is 17.8 Å². The highest BCUT2D eigenvalue weighted by molar-refractivity contribution is 7.99. The fourth-order valence-corrected chi connectivity index (χ4v) is 3.01. The molecule has 3 rings (SSSR count). The van der Waals surface area contributed by atoms with Gasteiger partial charge in [-0.3, -0.25) is 0 Å². The molecular formula is C13H13N5OS. The Hall–Kier alpha value is -2.20. The molecule has 0 atom stereocenters. The van der Waals surface area contributed by atoms with Gasteiger partial charge in [-0.15, -0.1) is 0 Å². The number of hydrogen-bond donors (Lipinski definition) is 1. The molecule has 0 saturated carbocycles. The van der Waals surface area contributed by atoms with Gasteiger partial charge in [-0.2, -0.15) is 5.26 Å². The number of nitriles is 1. The molecule has 0 bridgehead atoms. The second kappa shape index (κ2) is 5.43. The van der Waals surface area contributed by atoms with E-state index < -0.39 is 0 Å². The van der Waals surface area contributed by atoms with E-state index in [1.807, 2.05) is 16.7 Å². The van der Waals surface area contributed by atoms with Crippen molar-refractivity contribution in [2.45, 2.75) is 18.2 Å². The van der Waals surface area contributed by atoms with Crippen molar-refractivity contribution in [3.63, 3.8) is 0 Å². The van der Waals surface area contributed by atoms with Crippen LogP contribution < -0.4 is 10.1 Å². The first kappa shape index (κ1) is 12.8. The van der Waals surface area contributed by atoms with Gasteiger partial charge in [0.15, 0.2) is 16.7 Å². The number of rotatable bonds is 4. The lowest BCUT2D eigenvalue weighted by Gasteiger charge is -2.05. The first-order chi connectivity index (χ1) is 9.81.